The molecule has 1 aromatic rings. The van der Waals surface area contributed by atoms with E-state index in [4.69, 9.17) is 10.5 Å². The highest BCUT2D eigenvalue weighted by Gasteiger charge is 2.24. The minimum absolute atomic E-state index is 0.0365. The third-order valence-electron chi connectivity index (χ3n) is 3.08. The zero-order chi connectivity index (χ0) is 12.2. The molecule has 0 aromatic heterocycles. The average molecular weight is 221 g/mol. The van der Waals surface area contributed by atoms with Crippen molar-refractivity contribution in [3.63, 3.8) is 0 Å². The largest absolute Gasteiger partial charge is 0.384 e. The number of benzene rings is 1. The van der Waals surface area contributed by atoms with E-state index in [1.54, 1.807) is 7.11 Å². The van der Waals surface area contributed by atoms with Crippen LogP contribution in [0.1, 0.15) is 37.8 Å². The van der Waals surface area contributed by atoms with Gasteiger partial charge >= 0.3 is 0 Å². The van der Waals surface area contributed by atoms with Crippen LogP contribution in [0, 0.1) is 0 Å². The summed E-state index contributed by atoms with van der Waals surface area (Å²) in [6, 6.07) is 8.51. The molecule has 90 valence electrons. The summed E-state index contributed by atoms with van der Waals surface area (Å²) in [5, 5.41) is 0. The first-order valence-corrected chi connectivity index (χ1v) is 5.81. The molecule has 0 amide bonds. The summed E-state index contributed by atoms with van der Waals surface area (Å²) in [7, 11) is 1.75. The predicted octanol–water partition coefficient (Wildman–Crippen LogP) is 2.67. The summed E-state index contributed by atoms with van der Waals surface area (Å²) < 4.78 is 5.30. The van der Waals surface area contributed by atoms with Crippen molar-refractivity contribution in [1.29, 1.82) is 0 Å². The van der Waals surface area contributed by atoms with E-state index in [0.29, 0.717) is 12.5 Å². The van der Waals surface area contributed by atoms with Crippen LogP contribution in [0.25, 0.3) is 0 Å². The van der Waals surface area contributed by atoms with Gasteiger partial charge in [-0.1, -0.05) is 45.0 Å². The summed E-state index contributed by atoms with van der Waals surface area (Å²) in [4.78, 5) is 0. The van der Waals surface area contributed by atoms with Gasteiger partial charge in [-0.15, -0.1) is 0 Å². The Balaban J connectivity index is 3.12. The maximum atomic E-state index is 5.76. The molecule has 2 nitrogen and oxygen atoms in total. The van der Waals surface area contributed by atoms with E-state index in [1.807, 2.05) is 0 Å². The Bertz CT molecular complexity index is 333. The van der Waals surface area contributed by atoms with Gasteiger partial charge < -0.3 is 10.5 Å². The van der Waals surface area contributed by atoms with Crippen LogP contribution in [0.15, 0.2) is 24.3 Å². The second-order valence-corrected chi connectivity index (χ2v) is 5.04. The molecule has 0 saturated heterocycles. The Morgan fingerprint density at radius 1 is 1.31 bits per heavy atom. The van der Waals surface area contributed by atoms with Crippen molar-refractivity contribution in [2.45, 2.75) is 32.1 Å². The van der Waals surface area contributed by atoms with Crippen molar-refractivity contribution < 1.29 is 4.74 Å². The monoisotopic (exact) mass is 221 g/mol. The Hall–Kier alpha value is -0.860. The van der Waals surface area contributed by atoms with Crippen molar-refractivity contribution in [3.8, 4) is 0 Å². The van der Waals surface area contributed by atoms with Crippen LogP contribution in [0.2, 0.25) is 0 Å². The van der Waals surface area contributed by atoms with Gasteiger partial charge in [-0.3, -0.25) is 0 Å². The fourth-order valence-corrected chi connectivity index (χ4v) is 2.11. The summed E-state index contributed by atoms with van der Waals surface area (Å²) in [5.41, 5.74) is 8.48. The Morgan fingerprint density at radius 2 is 1.94 bits per heavy atom. The summed E-state index contributed by atoms with van der Waals surface area (Å²) in [6.07, 6.45) is 0. The second kappa shape index (κ2) is 5.46. The van der Waals surface area contributed by atoms with Crippen LogP contribution < -0.4 is 5.73 Å². The molecule has 1 aromatic carbocycles. The third-order valence-corrected chi connectivity index (χ3v) is 3.08. The van der Waals surface area contributed by atoms with Gasteiger partial charge in [0.1, 0.15) is 0 Å². The summed E-state index contributed by atoms with van der Waals surface area (Å²) in [6.45, 7) is 7.99. The van der Waals surface area contributed by atoms with E-state index in [9.17, 15) is 0 Å². The molecule has 0 aliphatic rings. The van der Waals surface area contributed by atoms with Crippen LogP contribution in [0.5, 0.6) is 0 Å². The molecule has 0 heterocycles. The van der Waals surface area contributed by atoms with E-state index in [-0.39, 0.29) is 5.41 Å². The van der Waals surface area contributed by atoms with Gasteiger partial charge in [-0.2, -0.15) is 0 Å². The number of methoxy groups -OCH3 is 1. The lowest BCUT2D eigenvalue weighted by Gasteiger charge is -2.28. The molecule has 0 bridgehead atoms. The van der Waals surface area contributed by atoms with Gasteiger partial charge in [0, 0.05) is 12.5 Å². The number of nitrogens with two attached hydrogens (primary N) is 1. The average Bonchev–Trinajstić information content (AvgIpc) is 2.28. The highest BCUT2D eigenvalue weighted by atomic mass is 16.5. The van der Waals surface area contributed by atoms with Crippen molar-refractivity contribution in [2.75, 3.05) is 20.3 Å². The first-order valence-electron chi connectivity index (χ1n) is 5.81. The van der Waals surface area contributed by atoms with Crippen molar-refractivity contribution in [1.82, 2.24) is 0 Å². The molecule has 2 heteroatoms. The van der Waals surface area contributed by atoms with E-state index in [2.05, 4.69) is 45.0 Å². The maximum absolute atomic E-state index is 5.76. The van der Waals surface area contributed by atoms with Crippen LogP contribution in [-0.4, -0.2) is 20.3 Å². The van der Waals surface area contributed by atoms with Crippen LogP contribution in [0.4, 0.5) is 0 Å². The van der Waals surface area contributed by atoms with Crippen molar-refractivity contribution in [2.24, 2.45) is 5.73 Å². The lowest BCUT2D eigenvalue weighted by Crippen LogP contribution is -2.26. The van der Waals surface area contributed by atoms with Gasteiger partial charge in [0.25, 0.3) is 0 Å². The quantitative estimate of drug-likeness (QED) is 0.829. The van der Waals surface area contributed by atoms with E-state index in [1.165, 1.54) is 11.1 Å². The molecule has 2 N–H and O–H groups in total. The lowest BCUT2D eigenvalue weighted by atomic mass is 9.79. The number of hydrogen-bond donors (Lipinski definition) is 1. The molecule has 1 atom stereocenters. The maximum Gasteiger partial charge on any atom is 0.0553 e. The van der Waals surface area contributed by atoms with E-state index < -0.39 is 0 Å². The Morgan fingerprint density at radius 3 is 2.50 bits per heavy atom. The van der Waals surface area contributed by atoms with E-state index >= 15 is 0 Å². The smallest absolute Gasteiger partial charge is 0.0553 e. The van der Waals surface area contributed by atoms with Gasteiger partial charge in [0.2, 0.25) is 0 Å². The Labute approximate surface area is 98.8 Å². The SMILES string of the molecule is COCC(C)(C)c1ccccc1C(C)CN. The standard InChI is InChI=1S/C14H23NO/c1-11(9-15)12-7-5-6-8-13(12)14(2,3)10-16-4/h5-8,11H,9-10,15H2,1-4H3. The van der Waals surface area contributed by atoms with Gasteiger partial charge in [-0.25, -0.2) is 0 Å². The molecular weight excluding hydrogens is 198 g/mol. The first-order chi connectivity index (χ1) is 7.53. The molecule has 1 rings (SSSR count). The fourth-order valence-electron chi connectivity index (χ4n) is 2.11. The van der Waals surface area contributed by atoms with E-state index in [0.717, 1.165) is 6.61 Å². The molecule has 16 heavy (non-hydrogen) atoms. The first kappa shape index (κ1) is 13.2. The minimum Gasteiger partial charge on any atom is -0.384 e. The van der Waals surface area contributed by atoms with Gasteiger partial charge in [0.15, 0.2) is 0 Å². The second-order valence-electron chi connectivity index (χ2n) is 5.04. The highest BCUT2D eigenvalue weighted by molar-refractivity contribution is 5.36. The topological polar surface area (TPSA) is 35.2 Å². The molecular formula is C14H23NO. The predicted molar refractivity (Wildman–Crippen MR) is 68.8 cm³/mol. The normalized spacial score (nSPS) is 13.8. The highest BCUT2D eigenvalue weighted by Crippen LogP contribution is 2.30. The zero-order valence-electron chi connectivity index (χ0n) is 10.8. The lowest BCUT2D eigenvalue weighted by molar-refractivity contribution is 0.146. The minimum atomic E-state index is 0.0365. The molecule has 0 radical (unpaired) electrons. The number of hydrogen-bond acceptors (Lipinski definition) is 2. The number of ether oxygens (including phenoxy) is 1. The van der Waals surface area contributed by atoms with Crippen molar-refractivity contribution in [3.05, 3.63) is 35.4 Å². The molecule has 0 aliphatic carbocycles. The molecule has 0 saturated carbocycles. The molecule has 0 spiro atoms. The van der Waals surface area contributed by atoms with Gasteiger partial charge in [0.05, 0.1) is 6.61 Å². The number of rotatable bonds is 5. The summed E-state index contributed by atoms with van der Waals surface area (Å²) in [5.74, 6) is 0.396. The Kier molecular flexibility index (Phi) is 4.51. The van der Waals surface area contributed by atoms with Gasteiger partial charge in [-0.05, 0) is 23.6 Å². The van der Waals surface area contributed by atoms with Crippen LogP contribution >= 0.6 is 0 Å². The zero-order valence-corrected chi connectivity index (χ0v) is 10.8. The fraction of sp³-hybridized carbons (Fsp3) is 0.571. The third kappa shape index (κ3) is 2.83. The molecule has 0 aliphatic heterocycles. The summed E-state index contributed by atoms with van der Waals surface area (Å²) >= 11 is 0. The van der Waals surface area contributed by atoms with Crippen molar-refractivity contribution >= 4 is 0 Å². The molecule has 0 fully saturated rings. The van der Waals surface area contributed by atoms with Crippen LogP contribution in [-0.2, 0) is 10.2 Å². The van der Waals surface area contributed by atoms with Crippen LogP contribution in [0.3, 0.4) is 0 Å². The molecule has 1 unspecified atom stereocenters.